The third kappa shape index (κ3) is 3.22. The minimum absolute atomic E-state index is 0.0265. The summed E-state index contributed by atoms with van der Waals surface area (Å²) in [6, 6.07) is 21.1. The van der Waals surface area contributed by atoms with Crippen molar-refractivity contribution in [2.75, 3.05) is 21.2 Å². The molecule has 2 nitrogen and oxygen atoms in total. The molecule has 0 saturated carbocycles. The van der Waals surface area contributed by atoms with E-state index in [4.69, 9.17) is 4.74 Å². The second kappa shape index (κ2) is 6.50. The zero-order valence-corrected chi connectivity index (χ0v) is 11.8. The molecule has 0 aliphatic heterocycles. The lowest BCUT2D eigenvalue weighted by Gasteiger charge is -2.32. The number of methoxy groups -OCH3 is 1. The van der Waals surface area contributed by atoms with E-state index in [1.807, 2.05) is 12.1 Å². The van der Waals surface area contributed by atoms with Crippen molar-refractivity contribution in [3.63, 3.8) is 0 Å². The molecule has 0 aliphatic rings. The van der Waals surface area contributed by atoms with Crippen LogP contribution in [0.2, 0.25) is 0 Å². The first-order chi connectivity index (χ1) is 9.24. The van der Waals surface area contributed by atoms with Gasteiger partial charge in [-0.15, -0.1) is 0 Å². The Kier molecular flexibility index (Phi) is 4.72. The van der Waals surface area contributed by atoms with Crippen molar-refractivity contribution < 1.29 is 4.74 Å². The van der Waals surface area contributed by atoms with Crippen LogP contribution < -0.4 is 0 Å². The normalized spacial score (nSPS) is 14.3. The van der Waals surface area contributed by atoms with Gasteiger partial charge in [0.05, 0.1) is 6.04 Å². The molecule has 0 amide bonds. The molecule has 2 rings (SSSR count). The first kappa shape index (κ1) is 13.8. The molecule has 19 heavy (non-hydrogen) atoms. The Hall–Kier alpha value is -1.64. The fraction of sp³-hybridized carbons (Fsp3) is 0.294. The maximum Gasteiger partial charge on any atom is 0.102 e. The summed E-state index contributed by atoms with van der Waals surface area (Å²) in [6.45, 7) is 0. The fourth-order valence-electron chi connectivity index (χ4n) is 2.48. The third-order valence-corrected chi connectivity index (χ3v) is 3.37. The van der Waals surface area contributed by atoms with Crippen LogP contribution in [-0.2, 0) is 4.74 Å². The van der Waals surface area contributed by atoms with Gasteiger partial charge in [-0.05, 0) is 25.2 Å². The maximum atomic E-state index is 5.77. The average molecular weight is 255 g/mol. The van der Waals surface area contributed by atoms with Gasteiger partial charge >= 0.3 is 0 Å². The van der Waals surface area contributed by atoms with Crippen LogP contribution in [0.3, 0.4) is 0 Å². The molecule has 0 N–H and O–H groups in total. The Bertz CT molecular complexity index is 481. The molecular formula is C17H21NO. The molecule has 0 aliphatic carbocycles. The summed E-state index contributed by atoms with van der Waals surface area (Å²) >= 11 is 0. The van der Waals surface area contributed by atoms with Gasteiger partial charge in [-0.2, -0.15) is 0 Å². The standard InChI is InChI=1S/C17H21NO/c1-18(2)16(14-10-6-4-7-11-14)17(19-3)15-12-8-5-9-13-15/h4-13,16-17H,1-3H3/t16-,17+/m0/s1. The number of rotatable bonds is 5. The highest BCUT2D eigenvalue weighted by molar-refractivity contribution is 5.26. The maximum absolute atomic E-state index is 5.77. The van der Waals surface area contributed by atoms with Gasteiger partial charge in [-0.25, -0.2) is 0 Å². The van der Waals surface area contributed by atoms with E-state index in [1.54, 1.807) is 7.11 Å². The average Bonchev–Trinajstić information content (AvgIpc) is 2.46. The van der Waals surface area contributed by atoms with E-state index in [1.165, 1.54) is 11.1 Å². The van der Waals surface area contributed by atoms with Crippen LogP contribution in [0.25, 0.3) is 0 Å². The van der Waals surface area contributed by atoms with E-state index in [0.29, 0.717) is 0 Å². The summed E-state index contributed by atoms with van der Waals surface area (Å²) in [5.41, 5.74) is 2.47. The van der Waals surface area contributed by atoms with E-state index in [-0.39, 0.29) is 12.1 Å². The highest BCUT2D eigenvalue weighted by Gasteiger charge is 2.26. The highest BCUT2D eigenvalue weighted by Crippen LogP contribution is 2.34. The topological polar surface area (TPSA) is 12.5 Å². The lowest BCUT2D eigenvalue weighted by molar-refractivity contribution is 0.0302. The van der Waals surface area contributed by atoms with Crippen molar-refractivity contribution in [2.24, 2.45) is 0 Å². The zero-order chi connectivity index (χ0) is 13.7. The van der Waals surface area contributed by atoms with Crippen molar-refractivity contribution in [3.8, 4) is 0 Å². The van der Waals surface area contributed by atoms with E-state index >= 15 is 0 Å². The van der Waals surface area contributed by atoms with Gasteiger partial charge in [-0.3, -0.25) is 4.90 Å². The number of nitrogens with zero attached hydrogens (tertiary/aromatic N) is 1. The molecule has 0 spiro atoms. The Labute approximate surface area is 115 Å². The van der Waals surface area contributed by atoms with E-state index < -0.39 is 0 Å². The Morgan fingerprint density at radius 1 is 0.789 bits per heavy atom. The van der Waals surface area contributed by atoms with Crippen LogP contribution >= 0.6 is 0 Å². The van der Waals surface area contributed by atoms with Crippen molar-refractivity contribution in [3.05, 3.63) is 71.8 Å². The summed E-state index contributed by atoms with van der Waals surface area (Å²) in [5.74, 6) is 0. The molecule has 0 heterocycles. The third-order valence-electron chi connectivity index (χ3n) is 3.37. The summed E-state index contributed by atoms with van der Waals surface area (Å²) in [5, 5.41) is 0. The van der Waals surface area contributed by atoms with Crippen LogP contribution in [0.1, 0.15) is 23.3 Å². The van der Waals surface area contributed by atoms with Crippen molar-refractivity contribution in [2.45, 2.75) is 12.1 Å². The quantitative estimate of drug-likeness (QED) is 0.808. The summed E-state index contributed by atoms with van der Waals surface area (Å²) in [7, 11) is 5.95. The van der Waals surface area contributed by atoms with Crippen LogP contribution in [0.4, 0.5) is 0 Å². The fourth-order valence-corrected chi connectivity index (χ4v) is 2.48. The smallest absolute Gasteiger partial charge is 0.102 e. The number of ether oxygens (including phenoxy) is 1. The summed E-state index contributed by atoms with van der Waals surface area (Å²) in [4.78, 5) is 2.20. The van der Waals surface area contributed by atoms with E-state index in [0.717, 1.165) is 0 Å². The van der Waals surface area contributed by atoms with Gasteiger partial charge in [0.25, 0.3) is 0 Å². The molecule has 2 heteroatoms. The lowest BCUT2D eigenvalue weighted by Crippen LogP contribution is -2.27. The minimum atomic E-state index is 0.0265. The molecule has 2 atom stereocenters. The number of benzene rings is 2. The first-order valence-corrected chi connectivity index (χ1v) is 6.53. The SMILES string of the molecule is CO[C@H](c1ccccc1)[C@H](c1ccccc1)N(C)C. The number of hydrogen-bond acceptors (Lipinski definition) is 2. The van der Waals surface area contributed by atoms with E-state index in [9.17, 15) is 0 Å². The van der Waals surface area contributed by atoms with Gasteiger partial charge in [0.2, 0.25) is 0 Å². The highest BCUT2D eigenvalue weighted by atomic mass is 16.5. The molecule has 2 aromatic carbocycles. The predicted molar refractivity (Wildman–Crippen MR) is 79.1 cm³/mol. The van der Waals surface area contributed by atoms with Crippen LogP contribution in [-0.4, -0.2) is 26.1 Å². The second-order valence-electron chi connectivity index (χ2n) is 4.89. The summed E-state index contributed by atoms with van der Waals surface area (Å²) in [6.07, 6.45) is 0.0265. The molecule has 0 saturated heterocycles. The molecule has 100 valence electrons. The minimum Gasteiger partial charge on any atom is -0.375 e. The Balaban J connectivity index is 2.38. The molecule has 0 fully saturated rings. The first-order valence-electron chi connectivity index (χ1n) is 6.53. The molecule has 0 bridgehead atoms. The van der Waals surface area contributed by atoms with E-state index in [2.05, 4.69) is 67.5 Å². The van der Waals surface area contributed by atoms with Crippen LogP contribution in [0.5, 0.6) is 0 Å². The monoisotopic (exact) mass is 255 g/mol. The molecule has 0 unspecified atom stereocenters. The van der Waals surface area contributed by atoms with Crippen LogP contribution in [0.15, 0.2) is 60.7 Å². The molecule has 0 aromatic heterocycles. The zero-order valence-electron chi connectivity index (χ0n) is 11.8. The van der Waals surface area contributed by atoms with Crippen LogP contribution in [0, 0.1) is 0 Å². The van der Waals surface area contributed by atoms with Gasteiger partial charge in [-0.1, -0.05) is 60.7 Å². The Morgan fingerprint density at radius 2 is 1.26 bits per heavy atom. The molecule has 0 radical (unpaired) electrons. The predicted octanol–water partition coefficient (Wildman–Crippen LogP) is 3.68. The van der Waals surface area contributed by atoms with Gasteiger partial charge in [0.1, 0.15) is 6.10 Å². The molecule has 2 aromatic rings. The number of hydrogen-bond donors (Lipinski definition) is 0. The lowest BCUT2D eigenvalue weighted by atomic mass is 9.95. The van der Waals surface area contributed by atoms with Crippen molar-refractivity contribution in [1.82, 2.24) is 4.90 Å². The van der Waals surface area contributed by atoms with Gasteiger partial charge < -0.3 is 4.74 Å². The largest absolute Gasteiger partial charge is 0.375 e. The van der Waals surface area contributed by atoms with Crippen molar-refractivity contribution >= 4 is 0 Å². The number of likely N-dealkylation sites (N-methyl/N-ethyl adjacent to an activating group) is 1. The van der Waals surface area contributed by atoms with Crippen molar-refractivity contribution in [1.29, 1.82) is 0 Å². The summed E-state index contributed by atoms with van der Waals surface area (Å²) < 4.78 is 5.77. The second-order valence-corrected chi connectivity index (χ2v) is 4.89. The Morgan fingerprint density at radius 3 is 1.68 bits per heavy atom. The van der Waals surface area contributed by atoms with Gasteiger partial charge in [0.15, 0.2) is 0 Å². The molecular weight excluding hydrogens is 234 g/mol. The van der Waals surface area contributed by atoms with Gasteiger partial charge in [0, 0.05) is 7.11 Å².